The summed E-state index contributed by atoms with van der Waals surface area (Å²) in [6.45, 7) is 8.41. The Morgan fingerprint density at radius 3 is 2.35 bits per heavy atom. The average Bonchev–Trinajstić information content (AvgIpc) is 2.94. The van der Waals surface area contributed by atoms with Gasteiger partial charge in [0, 0.05) is 12.0 Å². The van der Waals surface area contributed by atoms with Gasteiger partial charge < -0.3 is 14.7 Å². The third kappa shape index (κ3) is 4.82. The molecule has 31 heavy (non-hydrogen) atoms. The predicted octanol–water partition coefficient (Wildman–Crippen LogP) is 4.98. The van der Waals surface area contributed by atoms with Crippen LogP contribution in [0.25, 0.3) is 0 Å². The van der Waals surface area contributed by atoms with Crippen molar-refractivity contribution in [3.8, 4) is 5.75 Å². The van der Waals surface area contributed by atoms with Crippen LogP contribution in [0.5, 0.6) is 5.75 Å². The Labute approximate surface area is 185 Å². The maximum atomic E-state index is 13.3. The molecule has 1 atom stereocenters. The first kappa shape index (κ1) is 23.0. The molecule has 0 aliphatic carbocycles. The molecule has 5 nitrogen and oxygen atoms in total. The minimum Gasteiger partial charge on any atom is -0.494 e. The van der Waals surface area contributed by atoms with Gasteiger partial charge in [0.15, 0.2) is 5.60 Å². The fraction of sp³-hybridized carbons (Fsp3) is 0.462. The van der Waals surface area contributed by atoms with E-state index in [4.69, 9.17) is 4.74 Å². The van der Waals surface area contributed by atoms with E-state index in [9.17, 15) is 14.7 Å². The first-order valence-electron chi connectivity index (χ1n) is 11.1. The molecular weight excluding hydrogens is 390 g/mol. The molecule has 1 aliphatic heterocycles. The number of ether oxygens (including phenoxy) is 1. The topological polar surface area (TPSA) is 66.8 Å². The second-order valence-electron chi connectivity index (χ2n) is 8.61. The molecule has 0 saturated heterocycles. The minimum atomic E-state index is -1.81. The number of unbranched alkanes of at least 4 members (excludes halogenated alkanes) is 3. The molecule has 166 valence electrons. The summed E-state index contributed by atoms with van der Waals surface area (Å²) in [5.74, 6) is 0.157. The van der Waals surface area contributed by atoms with Crippen molar-refractivity contribution >= 4 is 17.4 Å². The molecule has 2 aromatic carbocycles. The van der Waals surface area contributed by atoms with Crippen LogP contribution >= 0.6 is 0 Å². The van der Waals surface area contributed by atoms with Gasteiger partial charge in [0.1, 0.15) is 11.5 Å². The second kappa shape index (κ2) is 9.65. The largest absolute Gasteiger partial charge is 0.494 e. The molecular formula is C26H33NO4. The van der Waals surface area contributed by atoms with E-state index in [1.54, 1.807) is 4.90 Å². The van der Waals surface area contributed by atoms with E-state index >= 15 is 0 Å². The molecule has 1 aliphatic rings. The van der Waals surface area contributed by atoms with Crippen LogP contribution in [0.15, 0.2) is 36.4 Å². The standard InChI is InChI=1S/C26H33NO4/c1-5-6-7-8-15-31-22-13-11-21(12-14-22)17-27-24-19(3)10-9-18(2)23(24)26(30,25(27)29)16-20(4)28/h9-14,30H,5-8,15-17H2,1-4H3. The average molecular weight is 424 g/mol. The van der Waals surface area contributed by atoms with Crippen molar-refractivity contribution in [3.05, 3.63) is 58.7 Å². The van der Waals surface area contributed by atoms with Gasteiger partial charge in [0.05, 0.1) is 18.8 Å². The summed E-state index contributed by atoms with van der Waals surface area (Å²) in [5, 5.41) is 11.3. The van der Waals surface area contributed by atoms with Gasteiger partial charge in [-0.15, -0.1) is 0 Å². The zero-order chi connectivity index (χ0) is 22.6. The number of amides is 1. The van der Waals surface area contributed by atoms with Crippen LogP contribution in [0, 0.1) is 13.8 Å². The minimum absolute atomic E-state index is 0.218. The van der Waals surface area contributed by atoms with Crippen molar-refractivity contribution in [2.45, 2.75) is 71.9 Å². The molecule has 1 unspecified atom stereocenters. The molecule has 3 rings (SSSR count). The molecule has 0 saturated carbocycles. The number of aryl methyl sites for hydroxylation is 2. The summed E-state index contributed by atoms with van der Waals surface area (Å²) < 4.78 is 5.81. The zero-order valence-corrected chi connectivity index (χ0v) is 19.0. The van der Waals surface area contributed by atoms with Gasteiger partial charge in [-0.05, 0) is 56.0 Å². The zero-order valence-electron chi connectivity index (χ0n) is 19.0. The van der Waals surface area contributed by atoms with Gasteiger partial charge in [-0.3, -0.25) is 9.59 Å². The van der Waals surface area contributed by atoms with E-state index in [0.29, 0.717) is 24.4 Å². The van der Waals surface area contributed by atoms with E-state index in [1.165, 1.54) is 26.2 Å². The lowest BCUT2D eigenvalue weighted by Gasteiger charge is -2.23. The van der Waals surface area contributed by atoms with Crippen LogP contribution in [-0.4, -0.2) is 23.4 Å². The lowest BCUT2D eigenvalue weighted by Crippen LogP contribution is -2.41. The number of ketones is 1. The number of Topliss-reactive ketones (excluding diaryl/α,β-unsaturated/α-hetero) is 1. The summed E-state index contributed by atoms with van der Waals surface area (Å²) >= 11 is 0. The van der Waals surface area contributed by atoms with Crippen molar-refractivity contribution in [2.24, 2.45) is 0 Å². The second-order valence-corrected chi connectivity index (χ2v) is 8.61. The highest BCUT2D eigenvalue weighted by Crippen LogP contribution is 2.46. The summed E-state index contributed by atoms with van der Waals surface area (Å²) in [5.41, 5.74) is 2.11. The van der Waals surface area contributed by atoms with Crippen LogP contribution in [0.1, 0.15) is 68.2 Å². The Balaban J connectivity index is 1.80. The molecule has 1 heterocycles. The van der Waals surface area contributed by atoms with E-state index in [0.717, 1.165) is 28.9 Å². The molecule has 1 amide bonds. The Morgan fingerprint density at radius 2 is 1.71 bits per heavy atom. The van der Waals surface area contributed by atoms with Crippen LogP contribution in [0.3, 0.4) is 0 Å². The molecule has 2 aromatic rings. The van der Waals surface area contributed by atoms with Gasteiger partial charge in [0.2, 0.25) is 0 Å². The van der Waals surface area contributed by atoms with Crippen molar-refractivity contribution in [1.82, 2.24) is 0 Å². The highest BCUT2D eigenvalue weighted by atomic mass is 16.5. The van der Waals surface area contributed by atoms with Gasteiger partial charge in [-0.1, -0.05) is 50.5 Å². The summed E-state index contributed by atoms with van der Waals surface area (Å²) in [7, 11) is 0. The monoisotopic (exact) mass is 423 g/mol. The Kier molecular flexibility index (Phi) is 7.16. The van der Waals surface area contributed by atoms with Gasteiger partial charge in [-0.25, -0.2) is 0 Å². The normalized spacial score (nSPS) is 17.7. The molecule has 0 radical (unpaired) electrons. The van der Waals surface area contributed by atoms with Crippen LogP contribution < -0.4 is 9.64 Å². The van der Waals surface area contributed by atoms with E-state index < -0.39 is 11.5 Å². The molecule has 1 N–H and O–H groups in total. The first-order valence-corrected chi connectivity index (χ1v) is 11.1. The number of nitrogens with zero attached hydrogens (tertiary/aromatic N) is 1. The third-order valence-electron chi connectivity index (χ3n) is 5.91. The Morgan fingerprint density at radius 1 is 1.03 bits per heavy atom. The van der Waals surface area contributed by atoms with Crippen LogP contribution in [0.2, 0.25) is 0 Å². The first-order chi connectivity index (χ1) is 14.8. The maximum absolute atomic E-state index is 13.3. The highest BCUT2D eigenvalue weighted by Gasteiger charge is 2.51. The lowest BCUT2D eigenvalue weighted by molar-refractivity contribution is -0.141. The SMILES string of the molecule is CCCCCCOc1ccc(CN2C(=O)C(O)(CC(C)=O)c3c(C)ccc(C)c32)cc1. The fourth-order valence-electron chi connectivity index (χ4n) is 4.37. The molecule has 0 fully saturated rings. The quantitative estimate of drug-likeness (QED) is 0.548. The van der Waals surface area contributed by atoms with Crippen molar-refractivity contribution in [3.63, 3.8) is 0 Å². The number of anilines is 1. The van der Waals surface area contributed by atoms with E-state index in [-0.39, 0.29) is 12.2 Å². The van der Waals surface area contributed by atoms with E-state index in [2.05, 4.69) is 6.92 Å². The van der Waals surface area contributed by atoms with Crippen molar-refractivity contribution in [1.29, 1.82) is 0 Å². The van der Waals surface area contributed by atoms with Crippen LogP contribution in [0.4, 0.5) is 5.69 Å². The van der Waals surface area contributed by atoms with Gasteiger partial charge in [0.25, 0.3) is 5.91 Å². The summed E-state index contributed by atoms with van der Waals surface area (Å²) in [6.07, 6.45) is 4.43. The maximum Gasteiger partial charge on any atom is 0.264 e. The Bertz CT molecular complexity index is 951. The smallest absolute Gasteiger partial charge is 0.264 e. The summed E-state index contributed by atoms with van der Waals surface area (Å²) in [6, 6.07) is 11.6. The summed E-state index contributed by atoms with van der Waals surface area (Å²) in [4.78, 5) is 26.8. The number of aliphatic hydroxyl groups is 1. The molecule has 5 heteroatoms. The van der Waals surface area contributed by atoms with Gasteiger partial charge in [-0.2, -0.15) is 0 Å². The number of carbonyl (C=O) groups is 2. The number of hydrogen-bond donors (Lipinski definition) is 1. The fourth-order valence-corrected chi connectivity index (χ4v) is 4.37. The number of fused-ring (bicyclic) bond motifs is 1. The van der Waals surface area contributed by atoms with E-state index in [1.807, 2.05) is 50.2 Å². The number of hydrogen-bond acceptors (Lipinski definition) is 4. The lowest BCUT2D eigenvalue weighted by atomic mass is 9.86. The number of rotatable bonds is 10. The number of benzene rings is 2. The van der Waals surface area contributed by atoms with Gasteiger partial charge >= 0.3 is 0 Å². The third-order valence-corrected chi connectivity index (χ3v) is 5.91. The number of carbonyl (C=O) groups excluding carboxylic acids is 2. The Hall–Kier alpha value is -2.66. The molecule has 0 aromatic heterocycles. The molecule has 0 bridgehead atoms. The van der Waals surface area contributed by atoms with Crippen molar-refractivity contribution < 1.29 is 19.4 Å². The van der Waals surface area contributed by atoms with Crippen molar-refractivity contribution in [2.75, 3.05) is 11.5 Å². The van der Waals surface area contributed by atoms with Crippen LogP contribution in [-0.2, 0) is 21.7 Å². The highest BCUT2D eigenvalue weighted by molar-refractivity contribution is 6.09. The molecule has 0 spiro atoms. The predicted molar refractivity (Wildman–Crippen MR) is 122 cm³/mol.